The van der Waals surface area contributed by atoms with Crippen molar-refractivity contribution in [3.63, 3.8) is 0 Å². The molecule has 2 heterocycles. The van der Waals surface area contributed by atoms with Gasteiger partial charge in [0.05, 0.1) is 5.69 Å². The molecule has 214 valence electrons. The van der Waals surface area contributed by atoms with Crippen molar-refractivity contribution in [3.8, 4) is 5.75 Å². The molecule has 2 aliphatic rings. The zero-order valence-corrected chi connectivity index (χ0v) is 24.5. The van der Waals surface area contributed by atoms with Crippen LogP contribution in [0.1, 0.15) is 61.6 Å². The first-order valence-corrected chi connectivity index (χ1v) is 14.5. The number of carbonyl (C=O) groups is 2. The van der Waals surface area contributed by atoms with E-state index >= 15 is 0 Å². The minimum absolute atomic E-state index is 0.145. The smallest absolute Gasteiger partial charge is 0.408 e. The lowest BCUT2D eigenvalue weighted by atomic mass is 9.88. The number of rotatable bonds is 4. The number of aryl methyl sites for hydroxylation is 2. The van der Waals surface area contributed by atoms with Gasteiger partial charge in [-0.1, -0.05) is 41.4 Å². The van der Waals surface area contributed by atoms with Crippen molar-refractivity contribution in [2.45, 2.75) is 64.5 Å². The monoisotopic (exact) mass is 573 g/mol. The number of pyridine rings is 1. The number of amides is 2. The van der Waals surface area contributed by atoms with Gasteiger partial charge in [-0.15, -0.1) is 0 Å². The van der Waals surface area contributed by atoms with Crippen molar-refractivity contribution in [3.05, 3.63) is 99.3 Å². The molecule has 8 heteroatoms. The number of alkyl carbamates (subject to hydrolysis) is 1. The van der Waals surface area contributed by atoms with Crippen LogP contribution in [0.4, 0.5) is 4.79 Å². The van der Waals surface area contributed by atoms with Crippen LogP contribution in [-0.2, 0) is 28.8 Å². The minimum atomic E-state index is -0.799. The van der Waals surface area contributed by atoms with E-state index in [0.29, 0.717) is 25.9 Å². The maximum atomic E-state index is 13.8. The highest BCUT2D eigenvalue weighted by molar-refractivity contribution is 6.30. The average molecular weight is 574 g/mol. The van der Waals surface area contributed by atoms with Gasteiger partial charge in [0.25, 0.3) is 0 Å². The van der Waals surface area contributed by atoms with E-state index in [2.05, 4.69) is 23.5 Å². The minimum Gasteiger partial charge on any atom is -0.508 e. The number of ether oxygens (including phenoxy) is 1. The number of aromatic nitrogens is 1. The molecular weight excluding hydrogens is 538 g/mol. The molecule has 2 amide bonds. The number of nitrogens with zero attached hydrogens (tertiary/aromatic N) is 2. The number of carbonyl (C=O) groups excluding carboxylic acids is 2. The molecule has 0 radical (unpaired) electrons. The molecule has 0 bridgehead atoms. The highest BCUT2D eigenvalue weighted by Crippen LogP contribution is 2.38. The van der Waals surface area contributed by atoms with E-state index in [1.807, 2.05) is 23.2 Å². The molecule has 7 nitrogen and oxygen atoms in total. The quantitative estimate of drug-likeness (QED) is 0.393. The standard InChI is InChI=1S/C33H36ClN3O4/c1-33(2,3)41-32(40)36-28(19-21-6-11-26(38)12-7-21)31(39)37-17-14-22(15-18-37)29-27-13-10-25(34)20-24(27)9-8-23-5-4-16-35-30(23)29/h4-7,10-13,16,20,28,38H,8-9,14-15,17-19H2,1-3H3,(H,36,40)/t28-/m0/s1. The van der Waals surface area contributed by atoms with Crippen LogP contribution in [-0.4, -0.2) is 51.7 Å². The lowest BCUT2D eigenvalue weighted by Crippen LogP contribution is -2.52. The summed E-state index contributed by atoms with van der Waals surface area (Å²) >= 11 is 6.37. The van der Waals surface area contributed by atoms with Gasteiger partial charge in [0.1, 0.15) is 17.4 Å². The van der Waals surface area contributed by atoms with Crippen molar-refractivity contribution >= 4 is 29.2 Å². The SMILES string of the molecule is CC(C)(C)OC(=O)N[C@@H](Cc1ccc(O)cc1)C(=O)N1CCC(=C2c3ccc(Cl)cc3CCc3cccnc32)CC1. The molecule has 41 heavy (non-hydrogen) atoms. The maximum absolute atomic E-state index is 13.8. The Morgan fingerprint density at radius 3 is 2.44 bits per heavy atom. The summed E-state index contributed by atoms with van der Waals surface area (Å²) in [5, 5.41) is 13.2. The topological polar surface area (TPSA) is 91.8 Å². The fraction of sp³-hybridized carbons (Fsp3) is 0.364. The summed E-state index contributed by atoms with van der Waals surface area (Å²) in [6.07, 6.45) is 4.70. The maximum Gasteiger partial charge on any atom is 0.408 e. The first-order chi connectivity index (χ1) is 19.6. The Morgan fingerprint density at radius 1 is 1.02 bits per heavy atom. The van der Waals surface area contributed by atoms with Gasteiger partial charge in [-0.25, -0.2) is 4.79 Å². The van der Waals surface area contributed by atoms with Crippen LogP contribution in [0.25, 0.3) is 5.57 Å². The highest BCUT2D eigenvalue weighted by atomic mass is 35.5. The largest absolute Gasteiger partial charge is 0.508 e. The van der Waals surface area contributed by atoms with Gasteiger partial charge in [0.2, 0.25) is 5.91 Å². The van der Waals surface area contributed by atoms with Crippen LogP contribution in [0.3, 0.4) is 0 Å². The van der Waals surface area contributed by atoms with E-state index in [0.717, 1.165) is 34.7 Å². The van der Waals surface area contributed by atoms with Gasteiger partial charge in [-0.3, -0.25) is 9.78 Å². The van der Waals surface area contributed by atoms with Crippen molar-refractivity contribution in [1.29, 1.82) is 0 Å². The summed E-state index contributed by atoms with van der Waals surface area (Å²) < 4.78 is 5.46. The zero-order chi connectivity index (χ0) is 29.1. The number of piperidine rings is 1. The van der Waals surface area contributed by atoms with Crippen molar-refractivity contribution in [1.82, 2.24) is 15.2 Å². The molecule has 1 fully saturated rings. The van der Waals surface area contributed by atoms with Crippen molar-refractivity contribution < 1.29 is 19.4 Å². The molecule has 0 spiro atoms. The molecule has 5 rings (SSSR count). The molecule has 0 saturated carbocycles. The zero-order valence-electron chi connectivity index (χ0n) is 23.7. The number of hydrogen-bond donors (Lipinski definition) is 2. The van der Waals surface area contributed by atoms with Gasteiger partial charge in [-0.2, -0.15) is 0 Å². The summed E-state index contributed by atoms with van der Waals surface area (Å²) in [5.74, 6) is -0.00805. The third-order valence-corrected chi connectivity index (χ3v) is 7.76. The lowest BCUT2D eigenvalue weighted by molar-refractivity contribution is -0.133. The number of phenols is 1. The summed E-state index contributed by atoms with van der Waals surface area (Å²) in [7, 11) is 0. The van der Waals surface area contributed by atoms with Crippen LogP contribution < -0.4 is 5.32 Å². The predicted molar refractivity (Wildman–Crippen MR) is 160 cm³/mol. The number of aromatic hydroxyl groups is 1. The Kier molecular flexibility index (Phi) is 8.36. The van der Waals surface area contributed by atoms with E-state index in [1.165, 1.54) is 22.3 Å². The van der Waals surface area contributed by atoms with E-state index < -0.39 is 17.7 Å². The van der Waals surface area contributed by atoms with Crippen molar-refractivity contribution in [2.24, 2.45) is 0 Å². The molecule has 1 aliphatic heterocycles. The second kappa shape index (κ2) is 12.0. The average Bonchev–Trinajstić information content (AvgIpc) is 3.09. The molecule has 0 unspecified atom stereocenters. The van der Waals surface area contributed by atoms with Crippen LogP contribution >= 0.6 is 11.6 Å². The number of phenolic OH excluding ortho intramolecular Hbond substituents is 1. The number of hydrogen-bond acceptors (Lipinski definition) is 5. The van der Waals surface area contributed by atoms with Gasteiger partial charge >= 0.3 is 6.09 Å². The van der Waals surface area contributed by atoms with E-state index in [9.17, 15) is 14.7 Å². The van der Waals surface area contributed by atoms with E-state index in [1.54, 1.807) is 45.0 Å². The Bertz CT molecular complexity index is 1470. The van der Waals surface area contributed by atoms with Crippen LogP contribution in [0, 0.1) is 0 Å². The third kappa shape index (κ3) is 6.91. The molecule has 2 N–H and O–H groups in total. The fourth-order valence-corrected chi connectivity index (χ4v) is 5.81. The highest BCUT2D eigenvalue weighted by Gasteiger charge is 2.31. The Labute approximate surface area is 246 Å². The first-order valence-electron chi connectivity index (χ1n) is 14.1. The fourth-order valence-electron chi connectivity index (χ4n) is 5.62. The second-order valence-corrected chi connectivity index (χ2v) is 12.1. The van der Waals surface area contributed by atoms with E-state index in [4.69, 9.17) is 21.3 Å². The molecule has 1 aliphatic carbocycles. The van der Waals surface area contributed by atoms with Gasteiger partial charge in [-0.05, 0) is 99.0 Å². The number of nitrogens with one attached hydrogen (secondary N) is 1. The second-order valence-electron chi connectivity index (χ2n) is 11.7. The molecule has 3 aromatic rings. The molecule has 1 aromatic heterocycles. The molecular formula is C33H36ClN3O4. The van der Waals surface area contributed by atoms with E-state index in [-0.39, 0.29) is 18.1 Å². The van der Waals surface area contributed by atoms with Crippen molar-refractivity contribution in [2.75, 3.05) is 13.1 Å². The summed E-state index contributed by atoms with van der Waals surface area (Å²) in [6.45, 7) is 6.43. The lowest BCUT2D eigenvalue weighted by Gasteiger charge is -2.33. The molecule has 2 aromatic carbocycles. The summed E-state index contributed by atoms with van der Waals surface area (Å²) in [6, 6.07) is 16.1. The van der Waals surface area contributed by atoms with Gasteiger partial charge < -0.3 is 20.1 Å². The third-order valence-electron chi connectivity index (χ3n) is 7.53. The van der Waals surface area contributed by atoms with Crippen LogP contribution in [0.2, 0.25) is 5.02 Å². The number of halogens is 1. The predicted octanol–water partition coefficient (Wildman–Crippen LogP) is 6.10. The Balaban J connectivity index is 1.39. The van der Waals surface area contributed by atoms with Gasteiger partial charge in [0, 0.05) is 36.3 Å². The Morgan fingerprint density at radius 2 is 1.73 bits per heavy atom. The molecule has 1 atom stereocenters. The molecule has 1 saturated heterocycles. The first kappa shape index (κ1) is 28.7. The normalized spacial score (nSPS) is 15.9. The number of benzene rings is 2. The van der Waals surface area contributed by atoms with Crippen LogP contribution in [0.15, 0.2) is 66.4 Å². The number of likely N-dealkylation sites (tertiary alicyclic amines) is 1. The van der Waals surface area contributed by atoms with Crippen LogP contribution in [0.5, 0.6) is 5.75 Å². The van der Waals surface area contributed by atoms with Gasteiger partial charge in [0.15, 0.2) is 0 Å². The summed E-state index contributed by atoms with van der Waals surface area (Å²) in [4.78, 5) is 33.1. The summed E-state index contributed by atoms with van der Waals surface area (Å²) in [5.41, 5.74) is 7.18. The Hall–Kier alpha value is -3.84. The number of fused-ring (bicyclic) bond motifs is 2.